The van der Waals surface area contributed by atoms with Crippen LogP contribution in [0.4, 0.5) is 4.39 Å². The molecule has 15 heavy (non-hydrogen) atoms. The summed E-state index contributed by atoms with van der Waals surface area (Å²) >= 11 is 5.55. The van der Waals surface area contributed by atoms with Gasteiger partial charge >= 0.3 is 0 Å². The molecule has 2 N–H and O–H groups in total. The number of hydrogen-bond donors (Lipinski definition) is 2. The third-order valence-electron chi connectivity index (χ3n) is 2.38. The van der Waals surface area contributed by atoms with Crippen molar-refractivity contribution in [3.63, 3.8) is 0 Å². The molecule has 84 valence electrons. The monoisotopic (exact) mass is 232 g/mol. The van der Waals surface area contributed by atoms with Gasteiger partial charge in [0.05, 0.1) is 18.2 Å². The second kappa shape index (κ2) is 4.92. The summed E-state index contributed by atoms with van der Waals surface area (Å²) in [5.41, 5.74) is 0.0859. The molecule has 0 amide bonds. The zero-order valence-electron chi connectivity index (χ0n) is 8.50. The Balaban J connectivity index is 2.85. The van der Waals surface area contributed by atoms with Crippen LogP contribution in [0.15, 0.2) is 18.2 Å². The van der Waals surface area contributed by atoms with Crippen LogP contribution in [0.1, 0.15) is 12.5 Å². The van der Waals surface area contributed by atoms with Crippen LogP contribution in [-0.4, -0.2) is 23.4 Å². The molecule has 0 fully saturated rings. The van der Waals surface area contributed by atoms with E-state index in [1.807, 2.05) is 0 Å². The first kappa shape index (κ1) is 12.4. The van der Waals surface area contributed by atoms with Gasteiger partial charge < -0.3 is 10.2 Å². The minimum atomic E-state index is -0.625. The molecule has 1 aromatic rings. The first-order valence-corrected chi connectivity index (χ1v) is 5.04. The summed E-state index contributed by atoms with van der Waals surface area (Å²) in [5.74, 6) is -0.479. The molecule has 4 heteroatoms. The maximum absolute atomic E-state index is 13.1. The van der Waals surface area contributed by atoms with E-state index < -0.39 is 11.2 Å². The van der Waals surface area contributed by atoms with Crippen LogP contribution in [-0.2, 0) is 6.42 Å². The highest BCUT2D eigenvalue weighted by atomic mass is 35.5. The summed E-state index contributed by atoms with van der Waals surface area (Å²) in [6, 6.07) is 4.49. The van der Waals surface area contributed by atoms with Gasteiger partial charge in [0.25, 0.3) is 0 Å². The first-order valence-electron chi connectivity index (χ1n) is 4.66. The maximum atomic E-state index is 13.1. The number of hydrogen-bond acceptors (Lipinski definition) is 2. The Morgan fingerprint density at radius 3 is 2.40 bits per heavy atom. The molecule has 1 aromatic carbocycles. The predicted molar refractivity (Wildman–Crippen MR) is 57.4 cm³/mol. The Labute approximate surface area is 93.3 Å². The van der Waals surface area contributed by atoms with Gasteiger partial charge in [-0.2, -0.15) is 0 Å². The van der Waals surface area contributed by atoms with Crippen molar-refractivity contribution in [2.24, 2.45) is 5.41 Å². The van der Waals surface area contributed by atoms with Gasteiger partial charge in [0.2, 0.25) is 0 Å². The minimum Gasteiger partial charge on any atom is -0.396 e. The van der Waals surface area contributed by atoms with Crippen molar-refractivity contribution in [1.82, 2.24) is 0 Å². The lowest BCUT2D eigenvalue weighted by atomic mass is 9.85. The molecule has 1 rings (SSSR count). The summed E-state index contributed by atoms with van der Waals surface area (Å²) in [6.07, 6.45) is 0.411. The third-order valence-corrected chi connectivity index (χ3v) is 2.68. The van der Waals surface area contributed by atoms with E-state index in [-0.39, 0.29) is 18.2 Å². The number of aliphatic hydroxyl groups excluding tert-OH is 2. The van der Waals surface area contributed by atoms with Gasteiger partial charge in [0.15, 0.2) is 0 Å². The summed E-state index contributed by atoms with van der Waals surface area (Å²) in [4.78, 5) is 0. The third kappa shape index (κ3) is 3.16. The van der Waals surface area contributed by atoms with Crippen LogP contribution in [0.3, 0.4) is 0 Å². The van der Waals surface area contributed by atoms with E-state index >= 15 is 0 Å². The predicted octanol–water partition coefficient (Wildman–Crippen LogP) is 2.01. The van der Waals surface area contributed by atoms with Crippen molar-refractivity contribution in [1.29, 1.82) is 0 Å². The van der Waals surface area contributed by atoms with E-state index in [1.54, 1.807) is 13.0 Å². The second-order valence-electron chi connectivity index (χ2n) is 4.05. The fourth-order valence-corrected chi connectivity index (χ4v) is 1.42. The normalized spacial score (nSPS) is 11.8. The van der Waals surface area contributed by atoms with Crippen molar-refractivity contribution in [2.75, 3.05) is 13.2 Å². The average molecular weight is 233 g/mol. The molecular formula is C11H14ClFO2. The lowest BCUT2D eigenvalue weighted by Crippen LogP contribution is -2.28. The van der Waals surface area contributed by atoms with Gasteiger partial charge in [-0.05, 0) is 24.1 Å². The number of halogens is 2. The van der Waals surface area contributed by atoms with Crippen LogP contribution in [0, 0.1) is 11.2 Å². The molecule has 0 aliphatic carbocycles. The molecule has 0 aliphatic rings. The standard InChI is InChI=1S/C11H14ClFO2/c1-11(6-14,7-15)5-8-2-3-9(12)10(13)4-8/h2-4,14-15H,5-7H2,1H3. The molecule has 2 nitrogen and oxygen atoms in total. The van der Waals surface area contributed by atoms with E-state index in [2.05, 4.69) is 0 Å². The molecular weight excluding hydrogens is 219 g/mol. The molecule has 0 spiro atoms. The Morgan fingerprint density at radius 1 is 1.33 bits per heavy atom. The van der Waals surface area contributed by atoms with Crippen molar-refractivity contribution >= 4 is 11.6 Å². The van der Waals surface area contributed by atoms with E-state index in [0.717, 1.165) is 0 Å². The fourth-order valence-electron chi connectivity index (χ4n) is 1.30. The lowest BCUT2D eigenvalue weighted by molar-refractivity contribution is 0.0703. The van der Waals surface area contributed by atoms with E-state index in [0.29, 0.717) is 12.0 Å². The number of benzene rings is 1. The van der Waals surface area contributed by atoms with Crippen molar-refractivity contribution in [2.45, 2.75) is 13.3 Å². The summed E-state index contributed by atoms with van der Waals surface area (Å²) in [5, 5.41) is 18.3. The summed E-state index contributed by atoms with van der Waals surface area (Å²) in [7, 11) is 0. The number of rotatable bonds is 4. The first-order chi connectivity index (χ1) is 7.00. The molecule has 0 aromatic heterocycles. The van der Waals surface area contributed by atoms with Crippen molar-refractivity contribution < 1.29 is 14.6 Å². The van der Waals surface area contributed by atoms with Gasteiger partial charge in [-0.3, -0.25) is 0 Å². The topological polar surface area (TPSA) is 40.5 Å². The van der Waals surface area contributed by atoms with Crippen molar-refractivity contribution in [3.05, 3.63) is 34.6 Å². The molecule has 0 atom stereocenters. The average Bonchev–Trinajstić information content (AvgIpc) is 2.23. The van der Waals surface area contributed by atoms with E-state index in [4.69, 9.17) is 21.8 Å². The molecule has 0 bridgehead atoms. The second-order valence-corrected chi connectivity index (χ2v) is 4.46. The quantitative estimate of drug-likeness (QED) is 0.834. The summed E-state index contributed by atoms with van der Waals surface area (Å²) in [6.45, 7) is 1.45. The Morgan fingerprint density at radius 2 is 1.93 bits per heavy atom. The highest BCUT2D eigenvalue weighted by Gasteiger charge is 2.23. The largest absolute Gasteiger partial charge is 0.396 e. The van der Waals surface area contributed by atoms with Gasteiger partial charge in [0.1, 0.15) is 5.82 Å². The van der Waals surface area contributed by atoms with E-state index in [1.165, 1.54) is 12.1 Å². The molecule has 0 radical (unpaired) electrons. The summed E-state index contributed by atoms with van der Waals surface area (Å²) < 4.78 is 13.1. The Bertz CT molecular complexity index is 337. The van der Waals surface area contributed by atoms with Crippen LogP contribution >= 0.6 is 11.6 Å². The van der Waals surface area contributed by atoms with Gasteiger partial charge in [-0.1, -0.05) is 24.6 Å². The zero-order chi connectivity index (χ0) is 11.5. The van der Waals surface area contributed by atoms with Crippen LogP contribution in [0.2, 0.25) is 5.02 Å². The highest BCUT2D eigenvalue weighted by Crippen LogP contribution is 2.23. The van der Waals surface area contributed by atoms with Crippen molar-refractivity contribution in [3.8, 4) is 0 Å². The van der Waals surface area contributed by atoms with Gasteiger partial charge in [0, 0.05) is 5.41 Å². The molecule has 0 unspecified atom stereocenters. The SMILES string of the molecule is CC(CO)(CO)Cc1ccc(Cl)c(F)c1. The van der Waals surface area contributed by atoms with Crippen LogP contribution in [0.5, 0.6) is 0 Å². The van der Waals surface area contributed by atoms with Gasteiger partial charge in [-0.25, -0.2) is 4.39 Å². The van der Waals surface area contributed by atoms with E-state index in [9.17, 15) is 4.39 Å². The van der Waals surface area contributed by atoms with Crippen LogP contribution in [0.25, 0.3) is 0 Å². The van der Waals surface area contributed by atoms with Gasteiger partial charge in [-0.15, -0.1) is 0 Å². The Hall–Kier alpha value is -0.640. The number of aliphatic hydroxyl groups is 2. The zero-order valence-corrected chi connectivity index (χ0v) is 9.26. The molecule has 0 heterocycles. The molecule has 0 saturated carbocycles. The Kier molecular flexibility index (Phi) is 4.08. The smallest absolute Gasteiger partial charge is 0.142 e. The maximum Gasteiger partial charge on any atom is 0.142 e. The highest BCUT2D eigenvalue weighted by molar-refractivity contribution is 6.30. The van der Waals surface area contributed by atoms with Crippen LogP contribution < -0.4 is 0 Å². The molecule has 0 aliphatic heterocycles. The fraction of sp³-hybridized carbons (Fsp3) is 0.455. The minimum absolute atomic E-state index is 0.0773. The molecule has 0 saturated heterocycles. The lowest BCUT2D eigenvalue weighted by Gasteiger charge is -2.24.